The third-order valence-electron chi connectivity index (χ3n) is 2.95. The molecule has 2 rings (SSSR count). The maximum absolute atomic E-state index is 12.0. The van der Waals surface area contributed by atoms with Crippen molar-refractivity contribution in [2.75, 3.05) is 0 Å². The molecule has 0 amide bonds. The van der Waals surface area contributed by atoms with Crippen LogP contribution in [0.15, 0.2) is 34.1 Å². The van der Waals surface area contributed by atoms with Gasteiger partial charge in [0, 0.05) is 18.9 Å². The molecule has 0 aliphatic carbocycles. The van der Waals surface area contributed by atoms with Crippen LogP contribution in [-0.2, 0) is 6.54 Å². The number of aromatic amines is 1. The molecule has 0 spiro atoms. The Kier molecular flexibility index (Phi) is 3.23. The number of hydrogen-bond donors (Lipinski definition) is 1. The molecule has 0 aromatic carbocycles. The van der Waals surface area contributed by atoms with E-state index in [1.54, 1.807) is 4.57 Å². The Hall–Kier alpha value is -2.04. The summed E-state index contributed by atoms with van der Waals surface area (Å²) in [6.07, 6.45) is 3.68. The number of aromatic nitrogens is 3. The Labute approximate surface area is 105 Å². The monoisotopic (exact) mass is 247 g/mol. The van der Waals surface area contributed by atoms with E-state index in [0.29, 0.717) is 17.9 Å². The van der Waals surface area contributed by atoms with Gasteiger partial charge in [-0.1, -0.05) is 13.8 Å². The van der Waals surface area contributed by atoms with E-state index in [0.717, 1.165) is 0 Å². The first kappa shape index (κ1) is 12.4. The van der Waals surface area contributed by atoms with Gasteiger partial charge in [0.15, 0.2) is 0 Å². The zero-order chi connectivity index (χ0) is 13.3. The summed E-state index contributed by atoms with van der Waals surface area (Å²) in [5.74, 6) is 0.704. The summed E-state index contributed by atoms with van der Waals surface area (Å²) in [6, 6.07) is 3.74. The molecule has 0 unspecified atom stereocenters. The van der Waals surface area contributed by atoms with Crippen LogP contribution in [0.5, 0.6) is 0 Å². The Bertz CT molecular complexity index is 648. The molecule has 2 aromatic heterocycles. The maximum Gasteiger partial charge on any atom is 0.329 e. The third-order valence-corrected chi connectivity index (χ3v) is 2.95. The molecule has 5 heteroatoms. The van der Waals surface area contributed by atoms with Gasteiger partial charge < -0.3 is 4.57 Å². The number of nitrogens with one attached hydrogen (secondary N) is 1. The molecule has 0 fully saturated rings. The van der Waals surface area contributed by atoms with Crippen molar-refractivity contribution < 1.29 is 0 Å². The highest BCUT2D eigenvalue weighted by Gasteiger charge is 2.17. The van der Waals surface area contributed by atoms with Crippen LogP contribution in [-0.4, -0.2) is 14.1 Å². The van der Waals surface area contributed by atoms with Gasteiger partial charge in [-0.3, -0.25) is 14.3 Å². The van der Waals surface area contributed by atoms with Gasteiger partial charge in [0.1, 0.15) is 5.82 Å². The molecule has 18 heavy (non-hydrogen) atoms. The minimum absolute atomic E-state index is 0.0459. The first-order chi connectivity index (χ1) is 8.56. The van der Waals surface area contributed by atoms with E-state index in [2.05, 4.69) is 4.98 Å². The molecule has 0 atom stereocenters. The van der Waals surface area contributed by atoms with Crippen LogP contribution in [0.1, 0.15) is 32.3 Å². The first-order valence-corrected chi connectivity index (χ1v) is 6.06. The van der Waals surface area contributed by atoms with Gasteiger partial charge in [-0.25, -0.2) is 4.79 Å². The Morgan fingerprint density at radius 3 is 2.33 bits per heavy atom. The average molecular weight is 247 g/mol. The quantitative estimate of drug-likeness (QED) is 0.892. The highest BCUT2D eigenvalue weighted by molar-refractivity contribution is 5.36. The number of hydrogen-bond acceptors (Lipinski definition) is 2. The van der Waals surface area contributed by atoms with Crippen molar-refractivity contribution in [2.45, 2.75) is 33.2 Å². The van der Waals surface area contributed by atoms with Crippen LogP contribution in [0.2, 0.25) is 0 Å². The second-order valence-corrected chi connectivity index (χ2v) is 4.49. The Morgan fingerprint density at radius 2 is 1.83 bits per heavy atom. The lowest BCUT2D eigenvalue weighted by atomic mass is 10.1. The van der Waals surface area contributed by atoms with Crippen LogP contribution >= 0.6 is 0 Å². The van der Waals surface area contributed by atoms with Crippen molar-refractivity contribution >= 4 is 0 Å². The third kappa shape index (κ3) is 1.92. The second kappa shape index (κ2) is 4.68. The first-order valence-electron chi connectivity index (χ1n) is 6.06. The Balaban J connectivity index is 2.90. The van der Waals surface area contributed by atoms with E-state index in [1.165, 1.54) is 0 Å². The zero-order valence-electron chi connectivity index (χ0n) is 10.8. The molecule has 1 N–H and O–H groups in total. The van der Waals surface area contributed by atoms with Crippen molar-refractivity contribution in [1.82, 2.24) is 14.1 Å². The second-order valence-electron chi connectivity index (χ2n) is 4.49. The van der Waals surface area contributed by atoms with E-state index in [4.69, 9.17) is 0 Å². The van der Waals surface area contributed by atoms with Crippen molar-refractivity contribution in [2.24, 2.45) is 0 Å². The highest BCUT2D eigenvalue weighted by Crippen LogP contribution is 2.18. The van der Waals surface area contributed by atoms with Crippen molar-refractivity contribution in [3.05, 3.63) is 50.9 Å². The molecule has 0 aliphatic rings. The van der Waals surface area contributed by atoms with Gasteiger partial charge in [-0.2, -0.15) is 0 Å². The number of nitrogens with zero attached hydrogens (tertiary/aromatic N) is 2. The zero-order valence-corrected chi connectivity index (χ0v) is 10.8. The Morgan fingerprint density at radius 1 is 1.22 bits per heavy atom. The average Bonchev–Trinajstić information content (AvgIpc) is 2.80. The summed E-state index contributed by atoms with van der Waals surface area (Å²) in [6.45, 7) is 6.30. The fraction of sp³-hybridized carbons (Fsp3) is 0.385. The summed E-state index contributed by atoms with van der Waals surface area (Å²) in [5, 5.41) is 0. The van der Waals surface area contributed by atoms with E-state index in [1.807, 2.05) is 49.9 Å². The van der Waals surface area contributed by atoms with Crippen molar-refractivity contribution in [3.8, 4) is 5.82 Å². The van der Waals surface area contributed by atoms with Crippen LogP contribution in [0.3, 0.4) is 0 Å². The molecule has 96 valence electrons. The number of H-pyrrole nitrogens is 1. The minimum atomic E-state index is -0.365. The molecule has 0 saturated carbocycles. The molecule has 0 saturated heterocycles. The molecule has 2 aromatic rings. The van der Waals surface area contributed by atoms with Crippen LogP contribution in [0.4, 0.5) is 0 Å². The van der Waals surface area contributed by atoms with Gasteiger partial charge in [0.05, 0.1) is 5.56 Å². The fourth-order valence-corrected chi connectivity index (χ4v) is 2.14. The molecular formula is C13H17N3O2. The van der Waals surface area contributed by atoms with Gasteiger partial charge in [0.25, 0.3) is 5.56 Å². The summed E-state index contributed by atoms with van der Waals surface area (Å²) in [7, 11) is 0. The van der Waals surface area contributed by atoms with Gasteiger partial charge in [-0.05, 0) is 25.0 Å². The predicted octanol–water partition coefficient (Wildman–Crippen LogP) is 1.47. The van der Waals surface area contributed by atoms with Crippen LogP contribution < -0.4 is 11.2 Å². The standard InChI is InChI=1S/C13H17N3O2/c1-4-16-12(15-7-5-6-8-15)10(9(2)3)11(17)14-13(16)18/h5-9H,4H2,1-3H3,(H,14,17,18). The number of rotatable bonds is 3. The molecular weight excluding hydrogens is 230 g/mol. The summed E-state index contributed by atoms with van der Waals surface area (Å²) in [4.78, 5) is 26.2. The minimum Gasteiger partial charge on any atom is -0.310 e. The molecule has 0 aliphatic heterocycles. The van der Waals surface area contributed by atoms with Crippen molar-refractivity contribution in [1.29, 1.82) is 0 Å². The van der Waals surface area contributed by atoms with Crippen LogP contribution in [0, 0.1) is 0 Å². The SMILES string of the molecule is CCn1c(-n2cccc2)c(C(C)C)c(=O)[nH]c1=O. The lowest BCUT2D eigenvalue weighted by Gasteiger charge is -2.17. The van der Waals surface area contributed by atoms with E-state index >= 15 is 0 Å². The van der Waals surface area contributed by atoms with Gasteiger partial charge >= 0.3 is 5.69 Å². The highest BCUT2D eigenvalue weighted by atomic mass is 16.2. The normalized spacial score (nSPS) is 11.1. The summed E-state index contributed by atoms with van der Waals surface area (Å²) < 4.78 is 3.40. The maximum atomic E-state index is 12.0. The summed E-state index contributed by atoms with van der Waals surface area (Å²) >= 11 is 0. The van der Waals surface area contributed by atoms with E-state index in [9.17, 15) is 9.59 Å². The molecule has 0 radical (unpaired) electrons. The smallest absolute Gasteiger partial charge is 0.310 e. The van der Waals surface area contributed by atoms with E-state index in [-0.39, 0.29) is 17.2 Å². The lowest BCUT2D eigenvalue weighted by Crippen LogP contribution is -2.35. The topological polar surface area (TPSA) is 59.8 Å². The fourth-order valence-electron chi connectivity index (χ4n) is 2.14. The molecule has 0 bridgehead atoms. The molecule has 2 heterocycles. The largest absolute Gasteiger partial charge is 0.329 e. The van der Waals surface area contributed by atoms with Crippen LogP contribution in [0.25, 0.3) is 5.82 Å². The van der Waals surface area contributed by atoms with E-state index < -0.39 is 0 Å². The lowest BCUT2D eigenvalue weighted by molar-refractivity contribution is 0.641. The summed E-state index contributed by atoms with van der Waals surface area (Å²) in [5.41, 5.74) is -0.0355. The van der Waals surface area contributed by atoms with Gasteiger partial charge in [0.2, 0.25) is 0 Å². The predicted molar refractivity (Wildman–Crippen MR) is 70.4 cm³/mol. The van der Waals surface area contributed by atoms with Gasteiger partial charge in [-0.15, -0.1) is 0 Å². The van der Waals surface area contributed by atoms with Crippen molar-refractivity contribution in [3.63, 3.8) is 0 Å². The molecule has 5 nitrogen and oxygen atoms in total.